The van der Waals surface area contributed by atoms with Crippen LogP contribution in [-0.2, 0) is 4.79 Å². The van der Waals surface area contributed by atoms with E-state index in [-0.39, 0.29) is 11.2 Å². The van der Waals surface area contributed by atoms with Gasteiger partial charge in [-0.15, -0.1) is 0 Å². The second-order valence-electron chi connectivity index (χ2n) is 3.60. The van der Waals surface area contributed by atoms with Crippen molar-refractivity contribution in [3.63, 3.8) is 0 Å². The number of rotatable bonds is 3. The number of hydrogen-bond donors (Lipinski definition) is 3. The first-order valence-corrected chi connectivity index (χ1v) is 5.44. The highest BCUT2D eigenvalue weighted by Gasteiger charge is 2.18. The van der Waals surface area contributed by atoms with E-state index in [1.165, 1.54) is 19.3 Å². The molecule has 1 rings (SSSR count). The van der Waals surface area contributed by atoms with Crippen molar-refractivity contribution in [2.45, 2.75) is 43.4 Å². The number of nitrogens with two attached hydrogens (primary N) is 1. The summed E-state index contributed by atoms with van der Waals surface area (Å²) in [5.74, 6) is -0.0160. The highest BCUT2D eigenvalue weighted by atomic mass is 32.1. The Balaban J connectivity index is 2.26. The molecule has 76 valence electrons. The molecule has 3 N–H and O–H groups in total. The van der Waals surface area contributed by atoms with Gasteiger partial charge in [0.25, 0.3) is 0 Å². The molecule has 0 aliphatic heterocycles. The van der Waals surface area contributed by atoms with Crippen molar-refractivity contribution in [1.29, 1.82) is 0 Å². The molecular formula is C9H18N2OS. The Morgan fingerprint density at radius 3 is 2.62 bits per heavy atom. The van der Waals surface area contributed by atoms with Gasteiger partial charge in [0.15, 0.2) is 0 Å². The molecule has 1 saturated carbocycles. The Hall–Kier alpha value is -0.220. The smallest absolute Gasteiger partial charge is 0.234 e. The van der Waals surface area contributed by atoms with Crippen LogP contribution in [0.4, 0.5) is 0 Å². The van der Waals surface area contributed by atoms with E-state index in [1.807, 2.05) is 0 Å². The van der Waals surface area contributed by atoms with Crippen LogP contribution in [0.3, 0.4) is 0 Å². The molecule has 3 nitrogen and oxygen atoms in total. The van der Waals surface area contributed by atoms with E-state index in [4.69, 9.17) is 5.73 Å². The van der Waals surface area contributed by atoms with Gasteiger partial charge in [0.1, 0.15) is 0 Å². The number of hydrogen-bond acceptors (Lipinski definition) is 3. The third kappa shape index (κ3) is 3.56. The fraction of sp³-hybridized carbons (Fsp3) is 0.889. The normalized spacial score (nSPS) is 21.1. The van der Waals surface area contributed by atoms with Gasteiger partial charge in [-0.1, -0.05) is 19.3 Å². The second kappa shape index (κ2) is 5.50. The lowest BCUT2D eigenvalue weighted by Gasteiger charge is -2.23. The SMILES string of the molecule is NCC(S)C(=O)NC1CCCCC1. The van der Waals surface area contributed by atoms with Crippen LogP contribution in [0.2, 0.25) is 0 Å². The molecule has 1 unspecified atom stereocenters. The molecule has 1 atom stereocenters. The molecule has 0 saturated heterocycles. The molecule has 13 heavy (non-hydrogen) atoms. The van der Waals surface area contributed by atoms with Gasteiger partial charge in [0.05, 0.1) is 5.25 Å². The first-order chi connectivity index (χ1) is 6.24. The first-order valence-electron chi connectivity index (χ1n) is 4.92. The van der Waals surface area contributed by atoms with Crippen LogP contribution in [0.1, 0.15) is 32.1 Å². The molecule has 4 heteroatoms. The van der Waals surface area contributed by atoms with Gasteiger partial charge < -0.3 is 11.1 Å². The Morgan fingerprint density at radius 1 is 1.46 bits per heavy atom. The lowest BCUT2D eigenvalue weighted by atomic mass is 9.95. The molecule has 1 aliphatic carbocycles. The standard InChI is InChI=1S/C9H18N2OS/c10-6-8(13)9(12)11-7-4-2-1-3-5-7/h7-8,13H,1-6,10H2,(H,11,12). The molecule has 0 radical (unpaired) electrons. The van der Waals surface area contributed by atoms with E-state index in [0.717, 1.165) is 12.8 Å². The van der Waals surface area contributed by atoms with Gasteiger partial charge in [-0.25, -0.2) is 0 Å². The predicted octanol–water partition coefficient (Wildman–Crippen LogP) is 0.692. The zero-order valence-corrected chi connectivity index (χ0v) is 8.72. The average molecular weight is 202 g/mol. The molecule has 1 amide bonds. The number of thiol groups is 1. The fourth-order valence-electron chi connectivity index (χ4n) is 1.65. The highest BCUT2D eigenvalue weighted by Crippen LogP contribution is 2.17. The minimum Gasteiger partial charge on any atom is -0.352 e. The molecular weight excluding hydrogens is 184 g/mol. The van der Waals surface area contributed by atoms with E-state index in [9.17, 15) is 4.79 Å². The van der Waals surface area contributed by atoms with Crippen molar-refractivity contribution in [2.75, 3.05) is 6.54 Å². The highest BCUT2D eigenvalue weighted by molar-refractivity contribution is 7.81. The van der Waals surface area contributed by atoms with Crippen LogP contribution >= 0.6 is 12.6 Å². The summed E-state index contributed by atoms with van der Waals surface area (Å²) < 4.78 is 0. The summed E-state index contributed by atoms with van der Waals surface area (Å²) in [6.45, 7) is 0.307. The maximum absolute atomic E-state index is 11.4. The van der Waals surface area contributed by atoms with Crippen molar-refractivity contribution in [3.8, 4) is 0 Å². The van der Waals surface area contributed by atoms with Crippen molar-refractivity contribution in [2.24, 2.45) is 5.73 Å². The lowest BCUT2D eigenvalue weighted by molar-refractivity contribution is -0.121. The maximum atomic E-state index is 11.4. The van der Waals surface area contributed by atoms with E-state index in [1.54, 1.807) is 0 Å². The largest absolute Gasteiger partial charge is 0.352 e. The van der Waals surface area contributed by atoms with Gasteiger partial charge in [0.2, 0.25) is 5.91 Å². The first kappa shape index (κ1) is 10.9. The van der Waals surface area contributed by atoms with Gasteiger partial charge >= 0.3 is 0 Å². The molecule has 0 heterocycles. The van der Waals surface area contributed by atoms with E-state index in [2.05, 4.69) is 17.9 Å². The monoisotopic (exact) mass is 202 g/mol. The van der Waals surface area contributed by atoms with Crippen molar-refractivity contribution < 1.29 is 4.79 Å². The Morgan fingerprint density at radius 2 is 2.08 bits per heavy atom. The van der Waals surface area contributed by atoms with Crippen molar-refractivity contribution in [3.05, 3.63) is 0 Å². The van der Waals surface area contributed by atoms with Crippen LogP contribution in [-0.4, -0.2) is 23.7 Å². The van der Waals surface area contributed by atoms with E-state index < -0.39 is 0 Å². The Labute approximate surface area is 84.9 Å². The molecule has 1 fully saturated rings. The number of carbonyl (C=O) groups excluding carboxylic acids is 1. The summed E-state index contributed by atoms with van der Waals surface area (Å²) in [4.78, 5) is 11.4. The van der Waals surface area contributed by atoms with Gasteiger partial charge in [-0.3, -0.25) is 4.79 Å². The third-order valence-electron chi connectivity index (χ3n) is 2.48. The number of nitrogens with one attached hydrogen (secondary N) is 1. The minimum atomic E-state index is -0.345. The topological polar surface area (TPSA) is 55.1 Å². The van der Waals surface area contributed by atoms with Gasteiger partial charge in [0, 0.05) is 12.6 Å². The third-order valence-corrected chi connectivity index (χ3v) is 2.92. The molecule has 0 aromatic carbocycles. The second-order valence-corrected chi connectivity index (χ2v) is 4.22. The Bertz CT molecular complexity index is 169. The van der Waals surface area contributed by atoms with Crippen molar-refractivity contribution in [1.82, 2.24) is 5.32 Å². The quantitative estimate of drug-likeness (QED) is 0.590. The zero-order valence-electron chi connectivity index (χ0n) is 7.83. The predicted molar refractivity (Wildman–Crippen MR) is 56.8 cm³/mol. The lowest BCUT2D eigenvalue weighted by Crippen LogP contribution is -2.42. The van der Waals surface area contributed by atoms with Crippen LogP contribution in [0, 0.1) is 0 Å². The molecule has 1 aliphatic rings. The van der Waals surface area contributed by atoms with Crippen molar-refractivity contribution >= 4 is 18.5 Å². The summed E-state index contributed by atoms with van der Waals surface area (Å²) in [7, 11) is 0. The molecule has 0 bridgehead atoms. The maximum Gasteiger partial charge on any atom is 0.234 e. The van der Waals surface area contributed by atoms with E-state index >= 15 is 0 Å². The molecule has 0 aromatic rings. The number of amides is 1. The molecule has 0 aromatic heterocycles. The van der Waals surface area contributed by atoms with E-state index in [0.29, 0.717) is 12.6 Å². The summed E-state index contributed by atoms with van der Waals surface area (Å²) in [5, 5.41) is 2.63. The number of carbonyl (C=O) groups is 1. The van der Waals surface area contributed by atoms with Crippen LogP contribution in [0.15, 0.2) is 0 Å². The fourth-order valence-corrected chi connectivity index (χ4v) is 1.73. The van der Waals surface area contributed by atoms with Crippen LogP contribution < -0.4 is 11.1 Å². The zero-order chi connectivity index (χ0) is 9.68. The molecule has 0 spiro atoms. The summed E-state index contributed by atoms with van der Waals surface area (Å²) >= 11 is 4.09. The van der Waals surface area contributed by atoms with Crippen LogP contribution in [0.25, 0.3) is 0 Å². The average Bonchev–Trinajstić information content (AvgIpc) is 2.18. The van der Waals surface area contributed by atoms with Crippen LogP contribution in [0.5, 0.6) is 0 Å². The minimum absolute atomic E-state index is 0.0160. The summed E-state index contributed by atoms with van der Waals surface area (Å²) in [6.07, 6.45) is 5.97. The van der Waals surface area contributed by atoms with Gasteiger partial charge in [-0.2, -0.15) is 12.6 Å². The summed E-state index contributed by atoms with van der Waals surface area (Å²) in [6, 6.07) is 0.363. The summed E-state index contributed by atoms with van der Waals surface area (Å²) in [5.41, 5.74) is 5.34. The van der Waals surface area contributed by atoms with Gasteiger partial charge in [-0.05, 0) is 12.8 Å². The Kier molecular flexibility index (Phi) is 4.59.